The van der Waals surface area contributed by atoms with E-state index in [1.54, 1.807) is 18.2 Å². The molecule has 5 heteroatoms. The Morgan fingerprint density at radius 3 is 2.73 bits per heavy atom. The Morgan fingerprint density at radius 2 is 2.00 bits per heavy atom. The van der Waals surface area contributed by atoms with Crippen LogP contribution in [0.5, 0.6) is 0 Å². The summed E-state index contributed by atoms with van der Waals surface area (Å²) in [5, 5.41) is 0.650. The molecule has 116 valence electrons. The normalized spacial score (nSPS) is 15.1. The average Bonchev–Trinajstić information content (AvgIpc) is 2.89. The predicted octanol–water partition coefficient (Wildman–Crippen LogP) is 3.81. The van der Waals surface area contributed by atoms with Crippen molar-refractivity contribution in [3.05, 3.63) is 40.7 Å². The van der Waals surface area contributed by atoms with Gasteiger partial charge >= 0.3 is 0 Å². The highest BCUT2D eigenvalue weighted by molar-refractivity contribution is 7.15. The Hall–Kier alpha value is -1.75. The molecular weight excluding hydrogens is 299 g/mol. The van der Waals surface area contributed by atoms with E-state index in [2.05, 4.69) is 4.98 Å². The van der Waals surface area contributed by atoms with Crippen LogP contribution in [0.2, 0.25) is 0 Å². The molecule has 1 aromatic carbocycles. The maximum atomic E-state index is 13.9. The molecule has 1 fully saturated rings. The Bertz CT molecular complexity index is 677. The Morgan fingerprint density at radius 1 is 1.27 bits per heavy atom. The van der Waals surface area contributed by atoms with Crippen molar-refractivity contribution in [1.29, 1.82) is 0 Å². The van der Waals surface area contributed by atoms with E-state index in [1.807, 2.05) is 11.8 Å². The van der Waals surface area contributed by atoms with Crippen LogP contribution in [0.25, 0.3) is 10.6 Å². The maximum Gasteiger partial charge on any atom is 0.227 e. The Balaban J connectivity index is 1.78. The zero-order chi connectivity index (χ0) is 15.5. The van der Waals surface area contributed by atoms with Crippen LogP contribution in [-0.4, -0.2) is 28.9 Å². The van der Waals surface area contributed by atoms with Gasteiger partial charge < -0.3 is 4.90 Å². The number of thiazole rings is 1. The van der Waals surface area contributed by atoms with Gasteiger partial charge in [-0.1, -0.05) is 12.1 Å². The van der Waals surface area contributed by atoms with Gasteiger partial charge in [-0.2, -0.15) is 0 Å². The number of aryl methyl sites for hydroxylation is 1. The van der Waals surface area contributed by atoms with Gasteiger partial charge in [-0.25, -0.2) is 9.37 Å². The van der Waals surface area contributed by atoms with Crippen LogP contribution < -0.4 is 0 Å². The lowest BCUT2D eigenvalue weighted by Gasteiger charge is -2.26. The van der Waals surface area contributed by atoms with Gasteiger partial charge in [-0.05, 0) is 38.3 Å². The molecule has 22 heavy (non-hydrogen) atoms. The maximum absolute atomic E-state index is 13.9. The average molecular weight is 318 g/mol. The van der Waals surface area contributed by atoms with Gasteiger partial charge in [0.15, 0.2) is 0 Å². The van der Waals surface area contributed by atoms with Crippen molar-refractivity contribution >= 4 is 17.2 Å². The summed E-state index contributed by atoms with van der Waals surface area (Å²) in [5.41, 5.74) is 1.33. The fraction of sp³-hybridized carbons (Fsp3) is 0.412. The van der Waals surface area contributed by atoms with Gasteiger partial charge in [0.25, 0.3) is 0 Å². The van der Waals surface area contributed by atoms with Crippen LogP contribution in [-0.2, 0) is 11.2 Å². The van der Waals surface area contributed by atoms with Crippen molar-refractivity contribution in [3.8, 4) is 10.6 Å². The van der Waals surface area contributed by atoms with Crippen LogP contribution in [0, 0.1) is 12.7 Å². The third kappa shape index (κ3) is 3.19. The number of hydrogen-bond donors (Lipinski definition) is 0. The lowest BCUT2D eigenvalue weighted by Crippen LogP contribution is -2.36. The fourth-order valence-corrected chi connectivity index (χ4v) is 3.81. The second-order valence-electron chi connectivity index (χ2n) is 5.63. The minimum Gasteiger partial charge on any atom is -0.342 e. The number of amides is 1. The van der Waals surface area contributed by atoms with Crippen molar-refractivity contribution in [3.63, 3.8) is 0 Å². The molecular formula is C17H19FN2OS. The zero-order valence-corrected chi connectivity index (χ0v) is 13.5. The van der Waals surface area contributed by atoms with E-state index in [0.717, 1.165) is 36.5 Å². The lowest BCUT2D eigenvalue weighted by atomic mass is 10.1. The van der Waals surface area contributed by atoms with Crippen LogP contribution in [0.15, 0.2) is 24.3 Å². The van der Waals surface area contributed by atoms with E-state index >= 15 is 0 Å². The third-order valence-corrected chi connectivity index (χ3v) is 5.21. The molecule has 0 bridgehead atoms. The van der Waals surface area contributed by atoms with Crippen molar-refractivity contribution in [2.75, 3.05) is 13.1 Å². The van der Waals surface area contributed by atoms with Crippen LogP contribution in [0.3, 0.4) is 0 Å². The summed E-state index contributed by atoms with van der Waals surface area (Å²) in [6.45, 7) is 3.60. The second-order valence-corrected chi connectivity index (χ2v) is 6.71. The molecule has 0 radical (unpaired) electrons. The lowest BCUT2D eigenvalue weighted by molar-refractivity contribution is -0.131. The minimum absolute atomic E-state index is 0.159. The van der Waals surface area contributed by atoms with Gasteiger partial charge in [0.1, 0.15) is 10.8 Å². The van der Waals surface area contributed by atoms with E-state index in [-0.39, 0.29) is 11.7 Å². The van der Waals surface area contributed by atoms with Gasteiger partial charge in [-0.15, -0.1) is 11.3 Å². The molecule has 0 unspecified atom stereocenters. The molecule has 1 aromatic heterocycles. The number of likely N-dealkylation sites (tertiary alicyclic amines) is 1. The molecule has 2 aromatic rings. The molecule has 3 nitrogen and oxygen atoms in total. The number of carbonyl (C=O) groups is 1. The standard InChI is InChI=1S/C17H19FN2OS/c1-12-15(11-16(21)20-9-5-2-6-10-20)22-17(19-12)13-7-3-4-8-14(13)18/h3-4,7-8H,2,5-6,9-11H2,1H3. The first kappa shape index (κ1) is 15.2. The first-order chi connectivity index (χ1) is 10.6. The molecule has 0 spiro atoms. The molecule has 1 aliphatic rings. The van der Waals surface area contributed by atoms with Crippen LogP contribution in [0.1, 0.15) is 29.8 Å². The molecule has 3 rings (SSSR count). The summed E-state index contributed by atoms with van der Waals surface area (Å²) in [5.74, 6) is -0.114. The van der Waals surface area contributed by atoms with Crippen molar-refractivity contribution in [2.45, 2.75) is 32.6 Å². The number of rotatable bonds is 3. The van der Waals surface area contributed by atoms with Gasteiger partial charge in [0, 0.05) is 23.5 Å². The quantitative estimate of drug-likeness (QED) is 0.862. The van der Waals surface area contributed by atoms with Crippen LogP contribution >= 0.6 is 11.3 Å². The van der Waals surface area contributed by atoms with Gasteiger partial charge in [0.2, 0.25) is 5.91 Å². The second kappa shape index (κ2) is 6.57. The summed E-state index contributed by atoms with van der Waals surface area (Å²) in [6.07, 6.45) is 3.76. The zero-order valence-electron chi connectivity index (χ0n) is 12.6. The topological polar surface area (TPSA) is 33.2 Å². The molecule has 1 amide bonds. The highest BCUT2D eigenvalue weighted by atomic mass is 32.1. The van der Waals surface area contributed by atoms with Crippen molar-refractivity contribution in [1.82, 2.24) is 9.88 Å². The summed E-state index contributed by atoms with van der Waals surface area (Å²) in [7, 11) is 0. The highest BCUT2D eigenvalue weighted by Gasteiger charge is 2.20. The van der Waals surface area contributed by atoms with E-state index in [1.165, 1.54) is 23.8 Å². The highest BCUT2D eigenvalue weighted by Crippen LogP contribution is 2.30. The Labute approximate surface area is 133 Å². The van der Waals surface area contributed by atoms with Crippen LogP contribution in [0.4, 0.5) is 4.39 Å². The first-order valence-corrected chi connectivity index (χ1v) is 8.46. The molecule has 0 N–H and O–H groups in total. The van der Waals surface area contributed by atoms with E-state index in [9.17, 15) is 9.18 Å². The number of aromatic nitrogens is 1. The number of nitrogens with zero attached hydrogens (tertiary/aromatic N) is 2. The van der Waals surface area contributed by atoms with Crippen molar-refractivity contribution < 1.29 is 9.18 Å². The smallest absolute Gasteiger partial charge is 0.227 e. The summed E-state index contributed by atoms with van der Waals surface area (Å²) < 4.78 is 13.9. The predicted molar refractivity (Wildman–Crippen MR) is 86.4 cm³/mol. The molecule has 0 atom stereocenters. The SMILES string of the molecule is Cc1nc(-c2ccccc2F)sc1CC(=O)N1CCCCC1. The number of carbonyl (C=O) groups excluding carboxylic acids is 1. The van der Waals surface area contributed by atoms with Gasteiger partial charge in [-0.3, -0.25) is 4.79 Å². The molecule has 0 saturated carbocycles. The molecule has 0 aliphatic carbocycles. The summed E-state index contributed by atoms with van der Waals surface area (Å²) >= 11 is 1.42. The number of piperidine rings is 1. The number of hydrogen-bond acceptors (Lipinski definition) is 3. The van der Waals surface area contributed by atoms with E-state index in [4.69, 9.17) is 0 Å². The summed E-state index contributed by atoms with van der Waals surface area (Å²) in [6, 6.07) is 6.63. The number of halogens is 1. The van der Waals surface area contributed by atoms with E-state index < -0.39 is 0 Å². The summed E-state index contributed by atoms with van der Waals surface area (Å²) in [4.78, 5) is 19.7. The first-order valence-electron chi connectivity index (χ1n) is 7.64. The van der Waals surface area contributed by atoms with Crippen molar-refractivity contribution in [2.24, 2.45) is 0 Å². The molecule has 1 saturated heterocycles. The fourth-order valence-electron chi connectivity index (χ4n) is 2.73. The third-order valence-electron chi connectivity index (χ3n) is 4.02. The monoisotopic (exact) mass is 318 g/mol. The number of benzene rings is 1. The molecule has 2 heterocycles. The van der Waals surface area contributed by atoms with E-state index in [0.29, 0.717) is 17.0 Å². The van der Waals surface area contributed by atoms with Gasteiger partial charge in [0.05, 0.1) is 12.1 Å². The largest absolute Gasteiger partial charge is 0.342 e. The minimum atomic E-state index is -0.273. The molecule has 1 aliphatic heterocycles. The Kier molecular flexibility index (Phi) is 4.52.